The zero-order valence-electron chi connectivity index (χ0n) is 13.8. The van der Waals surface area contributed by atoms with Gasteiger partial charge in [0.05, 0.1) is 10.6 Å². The summed E-state index contributed by atoms with van der Waals surface area (Å²) in [6, 6.07) is 16.3. The molecule has 26 heavy (non-hydrogen) atoms. The Morgan fingerprint density at radius 3 is 2.46 bits per heavy atom. The smallest absolute Gasteiger partial charge is 0.265 e. The van der Waals surface area contributed by atoms with Crippen LogP contribution in [0.15, 0.2) is 60.0 Å². The lowest BCUT2D eigenvalue weighted by Crippen LogP contribution is -2.18. The summed E-state index contributed by atoms with van der Waals surface area (Å²) in [5, 5.41) is 15.6. The highest BCUT2D eigenvalue weighted by Gasteiger charge is 2.22. The van der Waals surface area contributed by atoms with Crippen molar-refractivity contribution in [3.63, 3.8) is 0 Å². The molecule has 2 aromatic carbocycles. The third-order valence-corrected chi connectivity index (χ3v) is 4.99. The highest BCUT2D eigenvalue weighted by molar-refractivity contribution is 7.12. The number of hydrogen-bond donors (Lipinski definition) is 2. The van der Waals surface area contributed by atoms with Crippen LogP contribution < -0.4 is 14.8 Å². The molecular formula is C20H17NO4S. The van der Waals surface area contributed by atoms with E-state index >= 15 is 0 Å². The predicted octanol–water partition coefficient (Wildman–Crippen LogP) is 3.85. The van der Waals surface area contributed by atoms with Crippen LogP contribution in [-0.2, 0) is 0 Å². The molecule has 0 saturated carbocycles. The van der Waals surface area contributed by atoms with Gasteiger partial charge in [0.1, 0.15) is 19.3 Å². The molecule has 0 aliphatic carbocycles. The van der Waals surface area contributed by atoms with E-state index in [1.165, 1.54) is 11.3 Å². The number of aliphatic hydroxyl groups is 1. The summed E-state index contributed by atoms with van der Waals surface area (Å²) >= 11 is 1.36. The number of aliphatic hydroxyl groups excluding tert-OH is 1. The predicted molar refractivity (Wildman–Crippen MR) is 100 cm³/mol. The SMILES string of the molecule is O=C(Nc1cc2c(cc1[C@@H](O)c1ccccc1)OCCO2)c1cccs1. The normalized spacial score (nSPS) is 13.9. The Balaban J connectivity index is 1.74. The number of hydrogen-bond acceptors (Lipinski definition) is 5. The first-order valence-corrected chi connectivity index (χ1v) is 9.12. The van der Waals surface area contributed by atoms with E-state index in [1.54, 1.807) is 18.2 Å². The highest BCUT2D eigenvalue weighted by atomic mass is 32.1. The molecule has 5 nitrogen and oxygen atoms in total. The summed E-state index contributed by atoms with van der Waals surface area (Å²) in [7, 11) is 0. The van der Waals surface area contributed by atoms with Crippen LogP contribution in [0.3, 0.4) is 0 Å². The van der Waals surface area contributed by atoms with E-state index in [0.717, 1.165) is 5.56 Å². The van der Waals surface area contributed by atoms with Crippen molar-refractivity contribution in [1.29, 1.82) is 0 Å². The average Bonchev–Trinajstić information content (AvgIpc) is 3.22. The van der Waals surface area contributed by atoms with Crippen molar-refractivity contribution in [2.45, 2.75) is 6.10 Å². The van der Waals surface area contributed by atoms with E-state index in [2.05, 4.69) is 5.32 Å². The largest absolute Gasteiger partial charge is 0.486 e. The number of carbonyl (C=O) groups excluding carboxylic acids is 1. The van der Waals surface area contributed by atoms with Gasteiger partial charge >= 0.3 is 0 Å². The first-order valence-electron chi connectivity index (χ1n) is 8.24. The van der Waals surface area contributed by atoms with Gasteiger partial charge in [-0.15, -0.1) is 11.3 Å². The minimum absolute atomic E-state index is 0.224. The van der Waals surface area contributed by atoms with E-state index in [1.807, 2.05) is 41.8 Å². The van der Waals surface area contributed by atoms with Gasteiger partial charge in [-0.2, -0.15) is 0 Å². The minimum atomic E-state index is -0.898. The van der Waals surface area contributed by atoms with Crippen LogP contribution in [0.5, 0.6) is 11.5 Å². The Labute approximate surface area is 154 Å². The number of thiophene rings is 1. The van der Waals surface area contributed by atoms with Gasteiger partial charge in [-0.05, 0) is 23.1 Å². The van der Waals surface area contributed by atoms with Gasteiger partial charge in [0, 0.05) is 11.6 Å². The standard InChI is InChI=1S/C20H17NO4S/c22-19(13-5-2-1-3-6-13)14-11-16-17(25-9-8-24-16)12-15(14)21-20(23)18-7-4-10-26-18/h1-7,10-12,19,22H,8-9H2,(H,21,23)/t19-/m0/s1. The average molecular weight is 367 g/mol. The Hall–Kier alpha value is -2.83. The van der Waals surface area contributed by atoms with E-state index < -0.39 is 6.10 Å². The maximum atomic E-state index is 12.5. The summed E-state index contributed by atoms with van der Waals surface area (Å²) in [6.07, 6.45) is -0.898. The van der Waals surface area contributed by atoms with Gasteiger partial charge in [-0.1, -0.05) is 36.4 Å². The number of rotatable bonds is 4. The van der Waals surface area contributed by atoms with Crippen molar-refractivity contribution in [3.05, 3.63) is 76.0 Å². The van der Waals surface area contributed by atoms with Crippen LogP contribution in [0.1, 0.15) is 26.9 Å². The van der Waals surface area contributed by atoms with E-state index in [4.69, 9.17) is 9.47 Å². The first kappa shape index (κ1) is 16.6. The number of anilines is 1. The molecule has 6 heteroatoms. The Bertz CT molecular complexity index is 909. The quantitative estimate of drug-likeness (QED) is 0.735. The number of ether oxygens (including phenoxy) is 2. The van der Waals surface area contributed by atoms with Gasteiger partial charge in [-0.3, -0.25) is 4.79 Å². The summed E-state index contributed by atoms with van der Waals surface area (Å²) < 4.78 is 11.3. The zero-order valence-corrected chi connectivity index (χ0v) is 14.7. The van der Waals surface area contributed by atoms with Crippen molar-refractivity contribution in [1.82, 2.24) is 0 Å². The fourth-order valence-electron chi connectivity index (χ4n) is 2.85. The molecule has 0 bridgehead atoms. The van der Waals surface area contributed by atoms with Gasteiger partial charge in [-0.25, -0.2) is 0 Å². The number of nitrogens with one attached hydrogen (secondary N) is 1. The summed E-state index contributed by atoms with van der Waals surface area (Å²) in [5.74, 6) is 0.898. The molecule has 0 spiro atoms. The summed E-state index contributed by atoms with van der Waals surface area (Å²) in [4.78, 5) is 13.1. The second-order valence-electron chi connectivity index (χ2n) is 5.83. The lowest BCUT2D eigenvalue weighted by Gasteiger charge is -2.23. The first-order chi connectivity index (χ1) is 12.7. The molecule has 1 aliphatic rings. The number of fused-ring (bicyclic) bond motifs is 1. The molecule has 1 atom stereocenters. The molecule has 1 aromatic heterocycles. The fourth-order valence-corrected chi connectivity index (χ4v) is 3.46. The highest BCUT2D eigenvalue weighted by Crippen LogP contribution is 2.40. The van der Waals surface area contributed by atoms with Crippen LogP contribution in [0, 0.1) is 0 Å². The van der Waals surface area contributed by atoms with E-state index in [0.29, 0.717) is 40.8 Å². The molecule has 3 aromatic rings. The van der Waals surface area contributed by atoms with Crippen molar-refractivity contribution in [2.75, 3.05) is 18.5 Å². The van der Waals surface area contributed by atoms with Crippen molar-refractivity contribution in [3.8, 4) is 11.5 Å². The van der Waals surface area contributed by atoms with Gasteiger partial charge in [0.15, 0.2) is 11.5 Å². The molecule has 132 valence electrons. The molecule has 2 heterocycles. The van der Waals surface area contributed by atoms with Gasteiger partial charge < -0.3 is 19.9 Å². The molecule has 4 rings (SSSR count). The van der Waals surface area contributed by atoms with E-state index in [-0.39, 0.29) is 5.91 Å². The second-order valence-corrected chi connectivity index (χ2v) is 6.78. The monoisotopic (exact) mass is 367 g/mol. The Morgan fingerprint density at radius 2 is 1.77 bits per heavy atom. The van der Waals surface area contributed by atoms with Crippen molar-refractivity contribution < 1.29 is 19.4 Å². The van der Waals surface area contributed by atoms with Crippen molar-refractivity contribution in [2.24, 2.45) is 0 Å². The van der Waals surface area contributed by atoms with Crippen molar-refractivity contribution >= 4 is 22.9 Å². The molecular weight excluding hydrogens is 350 g/mol. The van der Waals surface area contributed by atoms with Crippen LogP contribution in [0.4, 0.5) is 5.69 Å². The molecule has 0 saturated heterocycles. The summed E-state index contributed by atoms with van der Waals surface area (Å²) in [5.41, 5.74) is 1.80. The topological polar surface area (TPSA) is 67.8 Å². The molecule has 1 amide bonds. The number of carbonyl (C=O) groups is 1. The van der Waals surface area contributed by atoms with Crippen LogP contribution in [0.2, 0.25) is 0 Å². The maximum Gasteiger partial charge on any atom is 0.265 e. The van der Waals surface area contributed by atoms with Crippen LogP contribution in [-0.4, -0.2) is 24.2 Å². The van der Waals surface area contributed by atoms with Crippen LogP contribution in [0.25, 0.3) is 0 Å². The third-order valence-electron chi connectivity index (χ3n) is 4.12. The van der Waals surface area contributed by atoms with Crippen LogP contribution >= 0.6 is 11.3 Å². The van der Waals surface area contributed by atoms with E-state index in [9.17, 15) is 9.90 Å². The molecule has 0 unspecified atom stereocenters. The molecule has 2 N–H and O–H groups in total. The lowest BCUT2D eigenvalue weighted by atomic mass is 9.99. The molecule has 0 radical (unpaired) electrons. The zero-order chi connectivity index (χ0) is 17.9. The Kier molecular flexibility index (Phi) is 4.60. The fraction of sp³-hybridized carbons (Fsp3) is 0.150. The minimum Gasteiger partial charge on any atom is -0.486 e. The third kappa shape index (κ3) is 3.29. The molecule has 1 aliphatic heterocycles. The summed E-state index contributed by atoms with van der Waals surface area (Å²) in [6.45, 7) is 0.903. The molecule has 0 fully saturated rings. The lowest BCUT2D eigenvalue weighted by molar-refractivity contribution is 0.103. The van der Waals surface area contributed by atoms with Gasteiger partial charge in [0.2, 0.25) is 0 Å². The number of amides is 1. The second kappa shape index (κ2) is 7.19. The number of benzene rings is 2. The Morgan fingerprint density at radius 1 is 1.04 bits per heavy atom. The maximum absolute atomic E-state index is 12.5. The van der Waals surface area contributed by atoms with Gasteiger partial charge in [0.25, 0.3) is 5.91 Å².